The van der Waals surface area contributed by atoms with Gasteiger partial charge in [-0.1, -0.05) is 6.07 Å². The maximum atomic E-state index is 10.5. The average Bonchev–Trinajstić information content (AvgIpc) is 2.78. The lowest BCUT2D eigenvalue weighted by Gasteiger charge is -2.14. The Balaban J connectivity index is 1.90. The molecule has 0 spiro atoms. The van der Waals surface area contributed by atoms with Gasteiger partial charge in [-0.2, -0.15) is 0 Å². The summed E-state index contributed by atoms with van der Waals surface area (Å²) in [6.45, 7) is 1.27. The van der Waals surface area contributed by atoms with Crippen LogP contribution in [0.15, 0.2) is 36.7 Å². The lowest BCUT2D eigenvalue weighted by Crippen LogP contribution is -2.02. The van der Waals surface area contributed by atoms with Gasteiger partial charge in [-0.25, -0.2) is 0 Å². The largest absolute Gasteiger partial charge is 0.495 e. The zero-order chi connectivity index (χ0) is 14.7. The molecular weight excluding hydrogens is 270 g/mol. The number of rotatable bonds is 3. The van der Waals surface area contributed by atoms with E-state index in [0.29, 0.717) is 36.0 Å². The molecule has 1 N–H and O–H groups in total. The summed E-state index contributed by atoms with van der Waals surface area (Å²) in [6.07, 6.45) is 3.29. The molecule has 1 aliphatic rings. The third-order valence-corrected chi connectivity index (χ3v) is 3.37. The molecule has 0 aliphatic carbocycles. The standard InChI is InChI=1S/C16H17NO4/c1-19-13-7-12(9-17-10-13)16(18)11-3-4-14-15(8-11)21-6-2-5-20-14/h3-4,7-10,16,18H,2,5-6H2,1H3. The van der Waals surface area contributed by atoms with E-state index in [9.17, 15) is 5.11 Å². The van der Waals surface area contributed by atoms with E-state index in [0.717, 1.165) is 12.0 Å². The number of pyridine rings is 1. The van der Waals surface area contributed by atoms with E-state index in [1.54, 1.807) is 25.6 Å². The molecule has 1 aliphatic heterocycles. The number of ether oxygens (including phenoxy) is 3. The second-order valence-corrected chi connectivity index (χ2v) is 4.82. The van der Waals surface area contributed by atoms with Crippen LogP contribution in [0.1, 0.15) is 23.7 Å². The van der Waals surface area contributed by atoms with Crippen LogP contribution < -0.4 is 14.2 Å². The zero-order valence-corrected chi connectivity index (χ0v) is 11.8. The highest BCUT2D eigenvalue weighted by Gasteiger charge is 2.16. The summed E-state index contributed by atoms with van der Waals surface area (Å²) in [6, 6.07) is 7.23. The third-order valence-electron chi connectivity index (χ3n) is 3.37. The molecule has 5 nitrogen and oxygen atoms in total. The summed E-state index contributed by atoms with van der Waals surface area (Å²) >= 11 is 0. The third kappa shape index (κ3) is 2.92. The molecule has 1 atom stereocenters. The van der Waals surface area contributed by atoms with Gasteiger partial charge in [0.1, 0.15) is 11.9 Å². The quantitative estimate of drug-likeness (QED) is 0.939. The number of benzene rings is 1. The summed E-state index contributed by atoms with van der Waals surface area (Å²) in [5, 5.41) is 10.5. The van der Waals surface area contributed by atoms with Crippen LogP contribution >= 0.6 is 0 Å². The van der Waals surface area contributed by atoms with Gasteiger partial charge in [0.25, 0.3) is 0 Å². The van der Waals surface area contributed by atoms with Crippen molar-refractivity contribution >= 4 is 0 Å². The number of hydrogen-bond donors (Lipinski definition) is 1. The summed E-state index contributed by atoms with van der Waals surface area (Å²) in [4.78, 5) is 4.06. The Labute approximate surface area is 123 Å². The average molecular weight is 287 g/mol. The molecule has 5 heteroatoms. The van der Waals surface area contributed by atoms with Crippen LogP contribution in [-0.4, -0.2) is 30.4 Å². The van der Waals surface area contributed by atoms with E-state index in [2.05, 4.69) is 4.98 Å². The minimum Gasteiger partial charge on any atom is -0.495 e. The van der Waals surface area contributed by atoms with Crippen molar-refractivity contribution in [1.82, 2.24) is 4.98 Å². The first-order valence-corrected chi connectivity index (χ1v) is 6.84. The highest BCUT2D eigenvalue weighted by atomic mass is 16.5. The first-order valence-electron chi connectivity index (χ1n) is 6.84. The fraction of sp³-hybridized carbons (Fsp3) is 0.312. The second kappa shape index (κ2) is 6.01. The second-order valence-electron chi connectivity index (χ2n) is 4.82. The Bertz CT molecular complexity index is 629. The first-order chi connectivity index (χ1) is 10.3. The molecule has 21 heavy (non-hydrogen) atoms. The van der Waals surface area contributed by atoms with Crippen LogP contribution in [0.5, 0.6) is 17.2 Å². The van der Waals surface area contributed by atoms with Gasteiger partial charge in [0, 0.05) is 18.2 Å². The van der Waals surface area contributed by atoms with Crippen molar-refractivity contribution in [2.45, 2.75) is 12.5 Å². The molecule has 110 valence electrons. The van der Waals surface area contributed by atoms with E-state index < -0.39 is 6.10 Å². The van der Waals surface area contributed by atoms with Crippen LogP contribution in [0.2, 0.25) is 0 Å². The number of aromatic nitrogens is 1. The molecule has 0 amide bonds. The molecule has 0 bridgehead atoms. The smallest absolute Gasteiger partial charge is 0.161 e. The minimum absolute atomic E-state index is 0.612. The van der Waals surface area contributed by atoms with Gasteiger partial charge >= 0.3 is 0 Å². The van der Waals surface area contributed by atoms with E-state index in [4.69, 9.17) is 14.2 Å². The Kier molecular flexibility index (Phi) is 3.92. The van der Waals surface area contributed by atoms with Crippen molar-refractivity contribution in [2.24, 2.45) is 0 Å². The van der Waals surface area contributed by atoms with Gasteiger partial charge < -0.3 is 19.3 Å². The van der Waals surface area contributed by atoms with Crippen molar-refractivity contribution in [3.63, 3.8) is 0 Å². The molecule has 2 aromatic rings. The lowest BCUT2D eigenvalue weighted by atomic mass is 10.0. The number of methoxy groups -OCH3 is 1. The molecule has 1 aromatic carbocycles. The Morgan fingerprint density at radius 2 is 1.90 bits per heavy atom. The monoisotopic (exact) mass is 287 g/mol. The Morgan fingerprint density at radius 3 is 2.71 bits per heavy atom. The topological polar surface area (TPSA) is 60.8 Å². The van der Waals surface area contributed by atoms with Crippen LogP contribution in [0.25, 0.3) is 0 Å². The fourth-order valence-electron chi connectivity index (χ4n) is 2.24. The highest BCUT2D eigenvalue weighted by molar-refractivity contribution is 5.45. The predicted molar refractivity (Wildman–Crippen MR) is 76.9 cm³/mol. The molecule has 1 unspecified atom stereocenters. The van der Waals surface area contributed by atoms with Gasteiger partial charge in [-0.05, 0) is 23.8 Å². The predicted octanol–water partition coefficient (Wildman–Crippen LogP) is 2.33. The van der Waals surface area contributed by atoms with Crippen molar-refractivity contribution in [2.75, 3.05) is 20.3 Å². The van der Waals surface area contributed by atoms with Crippen LogP contribution in [0.3, 0.4) is 0 Å². The van der Waals surface area contributed by atoms with Crippen LogP contribution in [-0.2, 0) is 0 Å². The van der Waals surface area contributed by atoms with Gasteiger partial charge in [0.05, 0.1) is 26.5 Å². The molecule has 3 rings (SSSR count). The van der Waals surface area contributed by atoms with Gasteiger partial charge in [-0.3, -0.25) is 4.98 Å². The number of nitrogens with zero attached hydrogens (tertiary/aromatic N) is 1. The normalized spacial score (nSPS) is 15.1. The maximum absolute atomic E-state index is 10.5. The summed E-state index contributed by atoms with van der Waals surface area (Å²) < 4.78 is 16.4. The minimum atomic E-state index is -0.787. The number of aliphatic hydroxyl groups is 1. The number of fused-ring (bicyclic) bond motifs is 1. The molecule has 0 saturated heterocycles. The molecule has 2 heterocycles. The van der Waals surface area contributed by atoms with Gasteiger partial charge in [-0.15, -0.1) is 0 Å². The van der Waals surface area contributed by atoms with E-state index in [-0.39, 0.29) is 0 Å². The zero-order valence-electron chi connectivity index (χ0n) is 11.8. The van der Waals surface area contributed by atoms with E-state index in [1.165, 1.54) is 0 Å². The molecular formula is C16H17NO4. The van der Waals surface area contributed by atoms with Crippen LogP contribution in [0.4, 0.5) is 0 Å². The SMILES string of the molecule is COc1cncc(C(O)c2ccc3c(c2)OCCCO3)c1. The van der Waals surface area contributed by atoms with Crippen molar-refractivity contribution < 1.29 is 19.3 Å². The lowest BCUT2D eigenvalue weighted by molar-refractivity contribution is 0.218. The summed E-state index contributed by atoms with van der Waals surface area (Å²) in [7, 11) is 1.57. The van der Waals surface area contributed by atoms with Crippen molar-refractivity contribution in [1.29, 1.82) is 0 Å². The molecule has 0 radical (unpaired) electrons. The van der Waals surface area contributed by atoms with Crippen molar-refractivity contribution in [3.05, 3.63) is 47.8 Å². The fourth-order valence-corrected chi connectivity index (χ4v) is 2.24. The molecule has 1 aromatic heterocycles. The summed E-state index contributed by atoms with van der Waals surface area (Å²) in [5.41, 5.74) is 1.40. The van der Waals surface area contributed by atoms with E-state index >= 15 is 0 Å². The highest BCUT2D eigenvalue weighted by Crippen LogP contribution is 2.34. The van der Waals surface area contributed by atoms with Gasteiger partial charge in [0.15, 0.2) is 11.5 Å². The maximum Gasteiger partial charge on any atom is 0.161 e. The van der Waals surface area contributed by atoms with Crippen LogP contribution in [0, 0.1) is 0 Å². The summed E-state index contributed by atoms with van der Waals surface area (Å²) in [5.74, 6) is 1.99. The Hall–Kier alpha value is -2.27. The Morgan fingerprint density at radius 1 is 1.10 bits per heavy atom. The molecule has 0 fully saturated rings. The molecule has 0 saturated carbocycles. The van der Waals surface area contributed by atoms with E-state index in [1.807, 2.05) is 18.2 Å². The van der Waals surface area contributed by atoms with Gasteiger partial charge in [0.2, 0.25) is 0 Å². The first kappa shape index (κ1) is 13.7. The van der Waals surface area contributed by atoms with Crippen molar-refractivity contribution in [3.8, 4) is 17.2 Å². The number of hydrogen-bond acceptors (Lipinski definition) is 5. The number of aliphatic hydroxyl groups excluding tert-OH is 1.